The number of ether oxygens (including phenoxy) is 2. The zero-order chi connectivity index (χ0) is 13.5. The van der Waals surface area contributed by atoms with Crippen molar-refractivity contribution in [2.24, 2.45) is 5.73 Å². The van der Waals surface area contributed by atoms with E-state index in [1.807, 2.05) is 0 Å². The van der Waals surface area contributed by atoms with Crippen molar-refractivity contribution in [1.82, 2.24) is 0 Å². The first-order valence-electron chi connectivity index (χ1n) is 5.61. The topological polar surface area (TPSA) is 85.3 Å². The fourth-order valence-corrected chi connectivity index (χ4v) is 1.67. The SMILES string of the molecule is CCOC(=O)Cc1cc(CN)c(C#N)c(OC)c1. The largest absolute Gasteiger partial charge is 0.495 e. The second-order valence-corrected chi connectivity index (χ2v) is 3.63. The number of nitriles is 1. The molecule has 0 atom stereocenters. The normalized spacial score (nSPS) is 9.67. The summed E-state index contributed by atoms with van der Waals surface area (Å²) in [7, 11) is 1.48. The van der Waals surface area contributed by atoms with Crippen LogP contribution in [0.25, 0.3) is 0 Å². The van der Waals surface area contributed by atoms with Crippen LogP contribution in [0.1, 0.15) is 23.6 Å². The zero-order valence-corrected chi connectivity index (χ0v) is 10.5. The molecular weight excluding hydrogens is 232 g/mol. The van der Waals surface area contributed by atoms with Gasteiger partial charge in [0, 0.05) is 6.54 Å². The summed E-state index contributed by atoms with van der Waals surface area (Å²) >= 11 is 0. The van der Waals surface area contributed by atoms with E-state index in [1.54, 1.807) is 19.1 Å². The second-order valence-electron chi connectivity index (χ2n) is 3.63. The van der Waals surface area contributed by atoms with E-state index in [0.717, 1.165) is 5.56 Å². The first-order chi connectivity index (χ1) is 8.65. The highest BCUT2D eigenvalue weighted by atomic mass is 16.5. The van der Waals surface area contributed by atoms with Gasteiger partial charge in [0.05, 0.1) is 25.7 Å². The van der Waals surface area contributed by atoms with Gasteiger partial charge in [-0.1, -0.05) is 6.07 Å². The van der Waals surface area contributed by atoms with E-state index < -0.39 is 0 Å². The third kappa shape index (κ3) is 3.22. The van der Waals surface area contributed by atoms with E-state index in [4.69, 9.17) is 20.5 Å². The van der Waals surface area contributed by atoms with Crippen molar-refractivity contribution >= 4 is 5.97 Å². The van der Waals surface area contributed by atoms with Gasteiger partial charge in [-0.15, -0.1) is 0 Å². The van der Waals surface area contributed by atoms with Crippen LogP contribution in [0.5, 0.6) is 5.75 Å². The lowest BCUT2D eigenvalue weighted by molar-refractivity contribution is -0.142. The molecule has 0 saturated carbocycles. The smallest absolute Gasteiger partial charge is 0.310 e. The van der Waals surface area contributed by atoms with Crippen molar-refractivity contribution in [1.29, 1.82) is 5.26 Å². The van der Waals surface area contributed by atoms with Crippen LogP contribution in [0.4, 0.5) is 0 Å². The van der Waals surface area contributed by atoms with Gasteiger partial charge in [0.25, 0.3) is 0 Å². The quantitative estimate of drug-likeness (QED) is 0.789. The number of rotatable bonds is 5. The van der Waals surface area contributed by atoms with E-state index in [9.17, 15) is 4.79 Å². The predicted molar refractivity (Wildman–Crippen MR) is 65.9 cm³/mol. The molecule has 0 radical (unpaired) electrons. The maximum Gasteiger partial charge on any atom is 0.310 e. The summed E-state index contributed by atoms with van der Waals surface area (Å²) in [6, 6.07) is 5.45. The van der Waals surface area contributed by atoms with E-state index in [-0.39, 0.29) is 18.9 Å². The summed E-state index contributed by atoms with van der Waals surface area (Å²) in [6.07, 6.45) is 0.142. The zero-order valence-electron chi connectivity index (χ0n) is 10.5. The maximum absolute atomic E-state index is 11.4. The first kappa shape index (κ1) is 14.0. The summed E-state index contributed by atoms with van der Waals surface area (Å²) in [5.41, 5.74) is 7.38. The van der Waals surface area contributed by atoms with E-state index >= 15 is 0 Å². The molecule has 1 aromatic carbocycles. The highest BCUT2D eigenvalue weighted by Gasteiger charge is 2.12. The molecular formula is C13H16N2O3. The number of benzene rings is 1. The molecule has 0 bridgehead atoms. The van der Waals surface area contributed by atoms with Crippen LogP contribution < -0.4 is 10.5 Å². The van der Waals surface area contributed by atoms with Crippen LogP contribution in [-0.4, -0.2) is 19.7 Å². The lowest BCUT2D eigenvalue weighted by Crippen LogP contribution is -2.09. The van der Waals surface area contributed by atoms with Crippen molar-refractivity contribution in [2.45, 2.75) is 19.9 Å². The monoisotopic (exact) mass is 248 g/mol. The van der Waals surface area contributed by atoms with Crippen LogP contribution in [0.15, 0.2) is 12.1 Å². The van der Waals surface area contributed by atoms with Gasteiger partial charge in [-0.25, -0.2) is 0 Å². The fourth-order valence-electron chi connectivity index (χ4n) is 1.67. The third-order valence-electron chi connectivity index (χ3n) is 2.45. The van der Waals surface area contributed by atoms with Crippen molar-refractivity contribution in [3.05, 3.63) is 28.8 Å². The molecule has 0 aromatic heterocycles. The molecule has 0 aliphatic heterocycles. The Bertz CT molecular complexity index is 453. The average Bonchev–Trinajstić information content (AvgIpc) is 2.37. The summed E-state index contributed by atoms with van der Waals surface area (Å²) in [5.74, 6) is 0.118. The Morgan fingerprint density at radius 1 is 1.50 bits per heavy atom. The van der Waals surface area contributed by atoms with Crippen LogP contribution in [-0.2, 0) is 22.5 Å². The Balaban J connectivity index is 3.08. The van der Waals surface area contributed by atoms with Crippen molar-refractivity contribution in [3.63, 3.8) is 0 Å². The van der Waals surface area contributed by atoms with Crippen molar-refractivity contribution in [2.75, 3.05) is 13.7 Å². The first-order valence-corrected chi connectivity index (χ1v) is 5.61. The Morgan fingerprint density at radius 2 is 2.22 bits per heavy atom. The number of nitrogens with zero attached hydrogens (tertiary/aromatic N) is 1. The molecule has 0 aliphatic rings. The number of carbonyl (C=O) groups is 1. The van der Waals surface area contributed by atoms with E-state index in [0.29, 0.717) is 23.5 Å². The summed E-state index contributed by atoms with van der Waals surface area (Å²) < 4.78 is 10.0. The third-order valence-corrected chi connectivity index (χ3v) is 2.45. The fraction of sp³-hybridized carbons (Fsp3) is 0.385. The molecule has 2 N–H and O–H groups in total. The molecule has 18 heavy (non-hydrogen) atoms. The number of hydrogen-bond donors (Lipinski definition) is 1. The number of carbonyl (C=O) groups excluding carboxylic acids is 1. The van der Waals surface area contributed by atoms with Gasteiger partial charge in [0.2, 0.25) is 0 Å². The van der Waals surface area contributed by atoms with Crippen LogP contribution >= 0.6 is 0 Å². The molecule has 0 unspecified atom stereocenters. The van der Waals surface area contributed by atoms with E-state index in [1.165, 1.54) is 7.11 Å². The van der Waals surface area contributed by atoms with Gasteiger partial charge in [-0.3, -0.25) is 4.79 Å². The lowest BCUT2D eigenvalue weighted by Gasteiger charge is -2.10. The number of methoxy groups -OCH3 is 1. The number of esters is 1. The molecule has 0 aliphatic carbocycles. The Labute approximate surface area is 106 Å². The highest BCUT2D eigenvalue weighted by Crippen LogP contribution is 2.24. The van der Waals surface area contributed by atoms with Crippen LogP contribution in [0.2, 0.25) is 0 Å². The van der Waals surface area contributed by atoms with Crippen LogP contribution in [0.3, 0.4) is 0 Å². The van der Waals surface area contributed by atoms with Gasteiger partial charge in [0.1, 0.15) is 11.8 Å². The molecule has 5 nitrogen and oxygen atoms in total. The van der Waals surface area contributed by atoms with Crippen molar-refractivity contribution in [3.8, 4) is 11.8 Å². The van der Waals surface area contributed by atoms with Gasteiger partial charge in [-0.05, 0) is 24.1 Å². The molecule has 0 fully saturated rings. The molecule has 1 rings (SSSR count). The Morgan fingerprint density at radius 3 is 2.72 bits per heavy atom. The number of hydrogen-bond acceptors (Lipinski definition) is 5. The van der Waals surface area contributed by atoms with Crippen molar-refractivity contribution < 1.29 is 14.3 Å². The Kier molecular flexibility index (Phi) is 5.15. The average molecular weight is 248 g/mol. The molecule has 5 heteroatoms. The van der Waals surface area contributed by atoms with Gasteiger partial charge >= 0.3 is 5.97 Å². The minimum absolute atomic E-state index is 0.142. The lowest BCUT2D eigenvalue weighted by atomic mass is 10.0. The van der Waals surface area contributed by atoms with Gasteiger partial charge in [-0.2, -0.15) is 5.26 Å². The molecule has 0 spiro atoms. The van der Waals surface area contributed by atoms with Gasteiger partial charge < -0.3 is 15.2 Å². The summed E-state index contributed by atoms with van der Waals surface area (Å²) in [5, 5.41) is 9.04. The second kappa shape index (κ2) is 6.62. The summed E-state index contributed by atoms with van der Waals surface area (Å²) in [6.45, 7) is 2.31. The highest BCUT2D eigenvalue weighted by molar-refractivity contribution is 5.73. The molecule has 0 amide bonds. The standard InChI is InChI=1S/C13H16N2O3/c1-3-18-13(16)6-9-4-10(7-14)11(8-15)12(5-9)17-2/h4-5H,3,6-7,14H2,1-2H3. The summed E-state index contributed by atoms with van der Waals surface area (Å²) in [4.78, 5) is 11.4. The molecule has 0 saturated heterocycles. The molecule has 0 heterocycles. The minimum Gasteiger partial charge on any atom is -0.495 e. The van der Waals surface area contributed by atoms with E-state index in [2.05, 4.69) is 6.07 Å². The molecule has 96 valence electrons. The molecule has 1 aromatic rings. The van der Waals surface area contributed by atoms with Gasteiger partial charge in [0.15, 0.2) is 0 Å². The maximum atomic E-state index is 11.4. The minimum atomic E-state index is -0.313. The van der Waals surface area contributed by atoms with Crippen LogP contribution in [0, 0.1) is 11.3 Å². The predicted octanol–water partition coefficient (Wildman–Crippen LogP) is 1.13. The number of nitrogens with two attached hydrogens (primary N) is 1. The Hall–Kier alpha value is -2.06.